The zero-order valence-corrected chi connectivity index (χ0v) is 12.2. The Labute approximate surface area is 124 Å². The lowest BCUT2D eigenvalue weighted by molar-refractivity contribution is 0.377. The zero-order chi connectivity index (χ0) is 14.2. The molecule has 2 heterocycles. The molecule has 0 spiro atoms. The molecule has 5 nitrogen and oxygen atoms in total. The van der Waals surface area contributed by atoms with Crippen molar-refractivity contribution in [2.45, 2.75) is 31.8 Å². The van der Waals surface area contributed by atoms with Gasteiger partial charge < -0.3 is 14.6 Å². The topological polar surface area (TPSA) is 52.0 Å². The van der Waals surface area contributed by atoms with Crippen LogP contribution in [0, 0.1) is 5.92 Å². The number of benzene rings is 1. The molecule has 0 radical (unpaired) electrons. The van der Waals surface area contributed by atoms with Crippen LogP contribution in [0.2, 0.25) is 0 Å². The number of nitrogens with zero attached hydrogens (tertiary/aromatic N) is 3. The van der Waals surface area contributed by atoms with Crippen LogP contribution in [-0.2, 0) is 13.0 Å². The standard InChI is InChI=1S/C16H20N4O/c1-21-13-5-3-2-4-12(13)10-14-18-19-16-15(11-6-7-11)17-8-9-20(14)16/h2-5,11,15,17H,6-10H2,1H3. The van der Waals surface area contributed by atoms with E-state index in [2.05, 4.69) is 26.1 Å². The predicted molar refractivity (Wildman–Crippen MR) is 79.3 cm³/mol. The van der Waals surface area contributed by atoms with E-state index in [4.69, 9.17) is 4.74 Å². The molecule has 2 aliphatic rings. The van der Waals surface area contributed by atoms with E-state index in [0.717, 1.165) is 48.4 Å². The summed E-state index contributed by atoms with van der Waals surface area (Å²) in [4.78, 5) is 0. The fraction of sp³-hybridized carbons (Fsp3) is 0.500. The van der Waals surface area contributed by atoms with Gasteiger partial charge in [0.05, 0.1) is 13.2 Å². The minimum Gasteiger partial charge on any atom is -0.496 e. The van der Waals surface area contributed by atoms with Gasteiger partial charge in [-0.05, 0) is 24.8 Å². The molecule has 1 N–H and O–H groups in total. The van der Waals surface area contributed by atoms with Crippen molar-refractivity contribution in [3.63, 3.8) is 0 Å². The first-order valence-electron chi connectivity index (χ1n) is 7.64. The molecule has 1 saturated carbocycles. The molecule has 5 heteroatoms. The number of para-hydroxylation sites is 1. The van der Waals surface area contributed by atoms with E-state index in [-0.39, 0.29) is 0 Å². The van der Waals surface area contributed by atoms with Crippen molar-refractivity contribution >= 4 is 0 Å². The molecule has 21 heavy (non-hydrogen) atoms. The molecule has 1 fully saturated rings. The van der Waals surface area contributed by atoms with Gasteiger partial charge >= 0.3 is 0 Å². The minimum absolute atomic E-state index is 0.401. The average Bonchev–Trinajstić information content (AvgIpc) is 3.30. The van der Waals surface area contributed by atoms with Crippen LogP contribution in [0.3, 0.4) is 0 Å². The summed E-state index contributed by atoms with van der Waals surface area (Å²) in [5.41, 5.74) is 1.16. The zero-order valence-electron chi connectivity index (χ0n) is 12.2. The third-order valence-corrected chi connectivity index (χ3v) is 4.47. The molecule has 0 amide bonds. The lowest BCUT2D eigenvalue weighted by atomic mass is 10.1. The molecule has 1 unspecified atom stereocenters. The number of ether oxygens (including phenoxy) is 1. The highest BCUT2D eigenvalue weighted by Gasteiger charge is 2.37. The van der Waals surface area contributed by atoms with Crippen molar-refractivity contribution in [1.29, 1.82) is 0 Å². The fourth-order valence-corrected chi connectivity index (χ4v) is 3.20. The highest BCUT2D eigenvalue weighted by Crippen LogP contribution is 2.41. The number of aromatic nitrogens is 3. The number of hydrogen-bond acceptors (Lipinski definition) is 4. The second-order valence-electron chi connectivity index (χ2n) is 5.88. The van der Waals surface area contributed by atoms with Crippen LogP contribution in [0.4, 0.5) is 0 Å². The van der Waals surface area contributed by atoms with Crippen LogP contribution in [0.15, 0.2) is 24.3 Å². The second-order valence-corrected chi connectivity index (χ2v) is 5.88. The van der Waals surface area contributed by atoms with Gasteiger partial charge in [0.2, 0.25) is 0 Å². The summed E-state index contributed by atoms with van der Waals surface area (Å²) < 4.78 is 7.74. The van der Waals surface area contributed by atoms with Crippen LogP contribution >= 0.6 is 0 Å². The number of rotatable bonds is 4. The quantitative estimate of drug-likeness (QED) is 0.932. The maximum absolute atomic E-state index is 5.44. The van der Waals surface area contributed by atoms with Crippen LogP contribution in [0.25, 0.3) is 0 Å². The highest BCUT2D eigenvalue weighted by molar-refractivity contribution is 5.35. The molecule has 1 aliphatic carbocycles. The smallest absolute Gasteiger partial charge is 0.150 e. The largest absolute Gasteiger partial charge is 0.496 e. The van der Waals surface area contributed by atoms with Crippen molar-refractivity contribution in [1.82, 2.24) is 20.1 Å². The van der Waals surface area contributed by atoms with Crippen molar-refractivity contribution in [3.8, 4) is 5.75 Å². The van der Waals surface area contributed by atoms with Gasteiger partial charge in [-0.3, -0.25) is 0 Å². The molecular formula is C16H20N4O. The first kappa shape index (κ1) is 12.8. The summed E-state index contributed by atoms with van der Waals surface area (Å²) in [7, 11) is 1.71. The molecule has 1 aromatic carbocycles. The summed E-state index contributed by atoms with van der Waals surface area (Å²) in [5, 5.41) is 12.5. The second kappa shape index (κ2) is 5.15. The Kier molecular flexibility index (Phi) is 3.15. The molecule has 1 atom stereocenters. The maximum Gasteiger partial charge on any atom is 0.150 e. The third kappa shape index (κ3) is 2.31. The van der Waals surface area contributed by atoms with E-state index < -0.39 is 0 Å². The van der Waals surface area contributed by atoms with E-state index in [0.29, 0.717) is 6.04 Å². The SMILES string of the molecule is COc1ccccc1Cc1nnc2n1CCNC2C1CC1. The number of methoxy groups -OCH3 is 1. The Morgan fingerprint density at radius 2 is 2.14 bits per heavy atom. The van der Waals surface area contributed by atoms with Gasteiger partial charge in [-0.1, -0.05) is 18.2 Å². The van der Waals surface area contributed by atoms with E-state index in [1.54, 1.807) is 7.11 Å². The Balaban J connectivity index is 1.64. The van der Waals surface area contributed by atoms with Gasteiger partial charge in [-0.2, -0.15) is 0 Å². The first-order chi connectivity index (χ1) is 10.4. The lowest BCUT2D eigenvalue weighted by Crippen LogP contribution is -2.35. The van der Waals surface area contributed by atoms with Crippen LogP contribution < -0.4 is 10.1 Å². The number of fused-ring (bicyclic) bond motifs is 1. The van der Waals surface area contributed by atoms with Crippen molar-refractivity contribution in [3.05, 3.63) is 41.5 Å². The van der Waals surface area contributed by atoms with Gasteiger partial charge in [0.25, 0.3) is 0 Å². The highest BCUT2D eigenvalue weighted by atomic mass is 16.5. The maximum atomic E-state index is 5.44. The third-order valence-electron chi connectivity index (χ3n) is 4.47. The monoisotopic (exact) mass is 284 g/mol. The van der Waals surface area contributed by atoms with E-state index in [9.17, 15) is 0 Å². The molecule has 110 valence electrons. The van der Waals surface area contributed by atoms with Gasteiger partial charge in [-0.15, -0.1) is 10.2 Å². The minimum atomic E-state index is 0.401. The Morgan fingerprint density at radius 1 is 1.29 bits per heavy atom. The van der Waals surface area contributed by atoms with Crippen LogP contribution in [-0.4, -0.2) is 28.4 Å². The summed E-state index contributed by atoms with van der Waals surface area (Å²) in [6.07, 6.45) is 3.40. The summed E-state index contributed by atoms with van der Waals surface area (Å²) >= 11 is 0. The van der Waals surface area contributed by atoms with Gasteiger partial charge in [0.1, 0.15) is 11.6 Å². The predicted octanol–water partition coefficient (Wildman–Crippen LogP) is 1.93. The van der Waals surface area contributed by atoms with Gasteiger partial charge in [0.15, 0.2) is 5.82 Å². The van der Waals surface area contributed by atoms with Crippen molar-refractivity contribution < 1.29 is 4.74 Å². The summed E-state index contributed by atoms with van der Waals surface area (Å²) in [6.45, 7) is 1.96. The molecular weight excluding hydrogens is 264 g/mol. The molecule has 1 aromatic heterocycles. The van der Waals surface area contributed by atoms with Crippen molar-refractivity contribution in [2.24, 2.45) is 5.92 Å². The van der Waals surface area contributed by atoms with Crippen LogP contribution in [0.1, 0.15) is 36.1 Å². The summed E-state index contributed by atoms with van der Waals surface area (Å²) in [5.74, 6) is 3.84. The van der Waals surface area contributed by atoms with Gasteiger partial charge in [0, 0.05) is 25.1 Å². The Hall–Kier alpha value is -1.88. The Morgan fingerprint density at radius 3 is 2.95 bits per heavy atom. The Bertz CT molecular complexity index is 647. The first-order valence-corrected chi connectivity index (χ1v) is 7.64. The van der Waals surface area contributed by atoms with E-state index >= 15 is 0 Å². The molecule has 4 rings (SSSR count). The normalized spacial score (nSPS) is 21.1. The molecule has 0 bridgehead atoms. The molecule has 1 aliphatic heterocycles. The number of hydrogen-bond donors (Lipinski definition) is 1. The van der Waals surface area contributed by atoms with E-state index in [1.807, 2.05) is 18.2 Å². The number of nitrogens with one attached hydrogen (secondary N) is 1. The van der Waals surface area contributed by atoms with Gasteiger partial charge in [-0.25, -0.2) is 0 Å². The van der Waals surface area contributed by atoms with Crippen LogP contribution in [0.5, 0.6) is 5.75 Å². The molecule has 0 saturated heterocycles. The fourth-order valence-electron chi connectivity index (χ4n) is 3.20. The lowest BCUT2D eigenvalue weighted by Gasteiger charge is -2.25. The van der Waals surface area contributed by atoms with Crippen molar-refractivity contribution in [2.75, 3.05) is 13.7 Å². The summed E-state index contributed by atoms with van der Waals surface area (Å²) in [6, 6.07) is 8.53. The van der Waals surface area contributed by atoms with E-state index in [1.165, 1.54) is 12.8 Å². The molecule has 2 aromatic rings. The average molecular weight is 284 g/mol.